The molecule has 0 aromatic heterocycles. The lowest BCUT2D eigenvalue weighted by atomic mass is 9.83. The molecular weight excluding hydrogens is 222 g/mol. The Morgan fingerprint density at radius 1 is 1.11 bits per heavy atom. The van der Waals surface area contributed by atoms with Crippen LogP contribution < -0.4 is 0 Å². The molecule has 0 aromatic carbocycles. The van der Waals surface area contributed by atoms with E-state index in [0.717, 1.165) is 25.2 Å². The Labute approximate surface area is 114 Å². The summed E-state index contributed by atoms with van der Waals surface area (Å²) < 4.78 is 0. The molecule has 0 saturated heterocycles. The fourth-order valence-electron chi connectivity index (χ4n) is 3.55. The SMILES string of the molecule is CCCC(O)C(CC)N(C)C1CCC(CC)CC1. The standard InChI is InChI=1S/C16H33NO/c1-5-8-16(18)15(7-3)17(4)14-11-9-13(6-2)10-12-14/h13-16,18H,5-12H2,1-4H3. The van der Waals surface area contributed by atoms with Gasteiger partial charge in [0.25, 0.3) is 0 Å². The van der Waals surface area contributed by atoms with Crippen molar-refractivity contribution < 1.29 is 5.11 Å². The normalized spacial score (nSPS) is 28.3. The van der Waals surface area contributed by atoms with Gasteiger partial charge in [-0.25, -0.2) is 0 Å². The van der Waals surface area contributed by atoms with Crippen molar-refractivity contribution in [3.63, 3.8) is 0 Å². The third kappa shape index (κ3) is 4.24. The van der Waals surface area contributed by atoms with Gasteiger partial charge in [0.05, 0.1) is 6.10 Å². The zero-order chi connectivity index (χ0) is 13.5. The van der Waals surface area contributed by atoms with Crippen molar-refractivity contribution in [1.29, 1.82) is 0 Å². The minimum Gasteiger partial charge on any atom is -0.391 e. The summed E-state index contributed by atoms with van der Waals surface area (Å²) >= 11 is 0. The van der Waals surface area contributed by atoms with Crippen molar-refractivity contribution in [3.05, 3.63) is 0 Å². The van der Waals surface area contributed by atoms with Crippen LogP contribution in [0.25, 0.3) is 0 Å². The Hall–Kier alpha value is -0.0800. The molecular formula is C16H33NO. The van der Waals surface area contributed by atoms with Crippen LogP contribution in [-0.2, 0) is 0 Å². The Morgan fingerprint density at radius 2 is 1.72 bits per heavy atom. The highest BCUT2D eigenvalue weighted by atomic mass is 16.3. The highest BCUT2D eigenvalue weighted by Gasteiger charge is 2.29. The van der Waals surface area contributed by atoms with Gasteiger partial charge < -0.3 is 5.11 Å². The smallest absolute Gasteiger partial charge is 0.0695 e. The number of aliphatic hydroxyl groups is 1. The fraction of sp³-hybridized carbons (Fsp3) is 1.00. The molecule has 0 aliphatic heterocycles. The molecule has 0 heterocycles. The average Bonchev–Trinajstić information content (AvgIpc) is 2.40. The van der Waals surface area contributed by atoms with Crippen LogP contribution in [0, 0.1) is 5.92 Å². The molecule has 1 aliphatic rings. The molecule has 0 spiro atoms. The second kappa shape index (κ2) is 8.16. The van der Waals surface area contributed by atoms with E-state index in [4.69, 9.17) is 0 Å². The maximum Gasteiger partial charge on any atom is 0.0695 e. The van der Waals surface area contributed by atoms with Gasteiger partial charge in [-0.2, -0.15) is 0 Å². The molecule has 108 valence electrons. The van der Waals surface area contributed by atoms with E-state index < -0.39 is 0 Å². The number of aliphatic hydroxyl groups excluding tert-OH is 1. The van der Waals surface area contributed by atoms with Gasteiger partial charge >= 0.3 is 0 Å². The highest BCUT2D eigenvalue weighted by Crippen LogP contribution is 2.30. The van der Waals surface area contributed by atoms with E-state index in [2.05, 4.69) is 32.7 Å². The lowest BCUT2D eigenvalue weighted by Gasteiger charge is -2.40. The topological polar surface area (TPSA) is 23.5 Å². The number of nitrogens with zero attached hydrogens (tertiary/aromatic N) is 1. The van der Waals surface area contributed by atoms with Gasteiger partial charge in [0.1, 0.15) is 0 Å². The van der Waals surface area contributed by atoms with E-state index in [1.165, 1.54) is 32.1 Å². The third-order valence-corrected chi connectivity index (χ3v) is 4.94. The highest BCUT2D eigenvalue weighted by molar-refractivity contribution is 4.84. The van der Waals surface area contributed by atoms with Crippen LogP contribution in [-0.4, -0.2) is 35.2 Å². The zero-order valence-electron chi connectivity index (χ0n) is 12.9. The van der Waals surface area contributed by atoms with Crippen molar-refractivity contribution in [2.75, 3.05) is 7.05 Å². The van der Waals surface area contributed by atoms with Gasteiger partial charge in [-0.3, -0.25) is 4.90 Å². The summed E-state index contributed by atoms with van der Waals surface area (Å²) in [4.78, 5) is 2.48. The second-order valence-electron chi connectivity index (χ2n) is 6.08. The van der Waals surface area contributed by atoms with E-state index >= 15 is 0 Å². The maximum atomic E-state index is 10.3. The van der Waals surface area contributed by atoms with Gasteiger partial charge in [-0.1, -0.05) is 33.6 Å². The lowest BCUT2D eigenvalue weighted by molar-refractivity contribution is 0.0192. The van der Waals surface area contributed by atoms with Gasteiger partial charge in [0, 0.05) is 12.1 Å². The van der Waals surface area contributed by atoms with Gasteiger partial charge in [0.15, 0.2) is 0 Å². The molecule has 1 saturated carbocycles. The lowest BCUT2D eigenvalue weighted by Crippen LogP contribution is -2.47. The van der Waals surface area contributed by atoms with Crippen LogP contribution in [0.3, 0.4) is 0 Å². The summed E-state index contributed by atoms with van der Waals surface area (Å²) in [5.74, 6) is 0.954. The van der Waals surface area contributed by atoms with Gasteiger partial charge in [-0.15, -0.1) is 0 Å². The van der Waals surface area contributed by atoms with Gasteiger partial charge in [-0.05, 0) is 51.5 Å². The number of likely N-dealkylation sites (N-methyl/N-ethyl adjacent to an activating group) is 1. The number of hydrogen-bond acceptors (Lipinski definition) is 2. The van der Waals surface area contributed by atoms with E-state index in [9.17, 15) is 5.11 Å². The van der Waals surface area contributed by atoms with E-state index in [1.807, 2.05) is 0 Å². The first-order valence-electron chi connectivity index (χ1n) is 8.03. The van der Waals surface area contributed by atoms with Crippen molar-refractivity contribution in [2.24, 2.45) is 5.92 Å². The van der Waals surface area contributed by atoms with Crippen LogP contribution in [0.15, 0.2) is 0 Å². The zero-order valence-corrected chi connectivity index (χ0v) is 12.9. The van der Waals surface area contributed by atoms with E-state index in [1.54, 1.807) is 0 Å². The number of hydrogen-bond donors (Lipinski definition) is 1. The summed E-state index contributed by atoms with van der Waals surface area (Å²) in [7, 11) is 2.23. The molecule has 18 heavy (non-hydrogen) atoms. The Balaban J connectivity index is 2.48. The molecule has 1 N–H and O–H groups in total. The molecule has 1 rings (SSSR count). The summed E-state index contributed by atoms with van der Waals surface area (Å²) in [6.07, 6.45) is 9.68. The first-order chi connectivity index (χ1) is 8.63. The second-order valence-corrected chi connectivity index (χ2v) is 6.08. The molecule has 0 bridgehead atoms. The van der Waals surface area contributed by atoms with Crippen LogP contribution >= 0.6 is 0 Å². The van der Waals surface area contributed by atoms with Crippen molar-refractivity contribution >= 4 is 0 Å². The maximum absolute atomic E-state index is 10.3. The largest absolute Gasteiger partial charge is 0.391 e. The Bertz CT molecular complexity index is 211. The van der Waals surface area contributed by atoms with Gasteiger partial charge in [0.2, 0.25) is 0 Å². The van der Waals surface area contributed by atoms with Crippen molar-refractivity contribution in [3.8, 4) is 0 Å². The molecule has 1 fully saturated rings. The summed E-state index contributed by atoms with van der Waals surface area (Å²) in [6, 6.07) is 1.05. The molecule has 2 nitrogen and oxygen atoms in total. The first-order valence-corrected chi connectivity index (χ1v) is 8.03. The molecule has 0 radical (unpaired) electrons. The fourth-order valence-corrected chi connectivity index (χ4v) is 3.55. The van der Waals surface area contributed by atoms with Crippen LogP contribution in [0.4, 0.5) is 0 Å². The molecule has 1 aliphatic carbocycles. The van der Waals surface area contributed by atoms with Crippen LogP contribution in [0.2, 0.25) is 0 Å². The Morgan fingerprint density at radius 3 is 2.17 bits per heavy atom. The molecule has 2 heteroatoms. The summed E-state index contributed by atoms with van der Waals surface area (Å²) in [5, 5.41) is 10.3. The van der Waals surface area contributed by atoms with Crippen molar-refractivity contribution in [2.45, 2.75) is 90.3 Å². The van der Waals surface area contributed by atoms with Crippen LogP contribution in [0.1, 0.15) is 72.1 Å². The van der Waals surface area contributed by atoms with Crippen LogP contribution in [0.5, 0.6) is 0 Å². The minimum atomic E-state index is -0.145. The average molecular weight is 255 g/mol. The van der Waals surface area contributed by atoms with E-state index in [-0.39, 0.29) is 6.10 Å². The van der Waals surface area contributed by atoms with Crippen molar-refractivity contribution in [1.82, 2.24) is 4.90 Å². The minimum absolute atomic E-state index is 0.145. The summed E-state index contributed by atoms with van der Waals surface area (Å²) in [6.45, 7) is 6.68. The predicted molar refractivity (Wildman–Crippen MR) is 78.8 cm³/mol. The van der Waals surface area contributed by atoms with E-state index in [0.29, 0.717) is 12.1 Å². The third-order valence-electron chi connectivity index (χ3n) is 4.94. The molecule has 2 unspecified atom stereocenters. The molecule has 0 amide bonds. The number of rotatable bonds is 7. The monoisotopic (exact) mass is 255 g/mol. The Kier molecular flexibility index (Phi) is 7.25. The quantitative estimate of drug-likeness (QED) is 0.747. The first kappa shape index (κ1) is 16.0. The molecule has 0 aromatic rings. The summed E-state index contributed by atoms with van der Waals surface area (Å²) in [5.41, 5.74) is 0. The molecule has 2 atom stereocenters. The predicted octanol–water partition coefficient (Wildman–Crippen LogP) is 3.83.